The molecule has 2 N–H and O–H groups in total. The predicted molar refractivity (Wildman–Crippen MR) is 53.3 cm³/mol. The number of hydrogen-bond donors (Lipinski definition) is 1. The van der Waals surface area contributed by atoms with E-state index in [4.69, 9.17) is 15.4 Å². The highest BCUT2D eigenvalue weighted by Crippen LogP contribution is 2.27. The zero-order valence-electron chi connectivity index (χ0n) is 7.40. The molecule has 0 unspecified atom stereocenters. The van der Waals surface area contributed by atoms with Crippen LogP contribution in [0.15, 0.2) is 41.2 Å². The molecule has 0 spiro atoms. The van der Waals surface area contributed by atoms with Crippen LogP contribution in [0.5, 0.6) is 0 Å². The van der Waals surface area contributed by atoms with E-state index in [1.54, 1.807) is 24.7 Å². The lowest BCUT2D eigenvalue weighted by molar-refractivity contribution is 0.568. The first-order valence-corrected chi connectivity index (χ1v) is 4.14. The lowest BCUT2D eigenvalue weighted by Gasteiger charge is -2.02. The van der Waals surface area contributed by atoms with Crippen molar-refractivity contribution in [3.63, 3.8) is 0 Å². The Hall–Kier alpha value is -2.21. The van der Waals surface area contributed by atoms with Crippen molar-refractivity contribution in [1.82, 2.24) is 0 Å². The van der Waals surface area contributed by atoms with E-state index in [0.717, 1.165) is 11.1 Å². The number of rotatable bonds is 1. The molecule has 1 heterocycles. The Labute approximate surface area is 81.4 Å². The van der Waals surface area contributed by atoms with Crippen molar-refractivity contribution in [2.24, 2.45) is 0 Å². The maximum absolute atomic E-state index is 8.94. The van der Waals surface area contributed by atoms with Crippen LogP contribution in [0.4, 0.5) is 5.69 Å². The Kier molecular flexibility index (Phi) is 1.96. The van der Waals surface area contributed by atoms with Crippen molar-refractivity contribution in [1.29, 1.82) is 5.26 Å². The molecule has 0 radical (unpaired) electrons. The Morgan fingerprint density at radius 3 is 2.79 bits per heavy atom. The van der Waals surface area contributed by atoms with Crippen LogP contribution in [0.2, 0.25) is 0 Å². The highest BCUT2D eigenvalue weighted by atomic mass is 16.3. The van der Waals surface area contributed by atoms with Crippen LogP contribution in [-0.2, 0) is 0 Å². The minimum Gasteiger partial charge on any atom is -0.472 e. The van der Waals surface area contributed by atoms with Crippen LogP contribution in [0.1, 0.15) is 5.56 Å². The second-order valence-electron chi connectivity index (χ2n) is 2.89. The topological polar surface area (TPSA) is 63.0 Å². The van der Waals surface area contributed by atoms with Gasteiger partial charge in [-0.3, -0.25) is 0 Å². The molecule has 0 bridgehead atoms. The van der Waals surface area contributed by atoms with Gasteiger partial charge >= 0.3 is 0 Å². The fourth-order valence-electron chi connectivity index (χ4n) is 1.35. The van der Waals surface area contributed by atoms with Crippen molar-refractivity contribution in [3.8, 4) is 17.2 Å². The number of nitrogens with zero attached hydrogens (tertiary/aromatic N) is 1. The van der Waals surface area contributed by atoms with Gasteiger partial charge in [0.2, 0.25) is 0 Å². The van der Waals surface area contributed by atoms with Gasteiger partial charge in [-0.05, 0) is 12.1 Å². The van der Waals surface area contributed by atoms with E-state index in [2.05, 4.69) is 6.07 Å². The third-order valence-electron chi connectivity index (χ3n) is 2.04. The van der Waals surface area contributed by atoms with Gasteiger partial charge in [-0.25, -0.2) is 0 Å². The summed E-state index contributed by atoms with van der Waals surface area (Å²) in [5.74, 6) is 0. The molecule has 0 aliphatic carbocycles. The van der Waals surface area contributed by atoms with Gasteiger partial charge in [-0.15, -0.1) is 0 Å². The molecule has 68 valence electrons. The molecule has 2 rings (SSSR count). The Balaban J connectivity index is 2.66. The summed E-state index contributed by atoms with van der Waals surface area (Å²) in [6.45, 7) is 0. The molecule has 0 saturated heterocycles. The quantitative estimate of drug-likeness (QED) is 0.692. The number of nitrogens with two attached hydrogens (primary N) is 1. The number of benzene rings is 1. The van der Waals surface area contributed by atoms with E-state index in [-0.39, 0.29) is 0 Å². The number of anilines is 1. The first kappa shape index (κ1) is 8.39. The van der Waals surface area contributed by atoms with E-state index in [1.165, 1.54) is 0 Å². The minimum absolute atomic E-state index is 0.492. The van der Waals surface area contributed by atoms with Crippen molar-refractivity contribution in [3.05, 3.63) is 42.4 Å². The summed E-state index contributed by atoms with van der Waals surface area (Å²) in [6, 6.07) is 9.26. The van der Waals surface area contributed by atoms with Crippen LogP contribution < -0.4 is 5.73 Å². The predicted octanol–water partition coefficient (Wildman–Crippen LogP) is 2.40. The zero-order chi connectivity index (χ0) is 9.97. The van der Waals surface area contributed by atoms with Crippen molar-refractivity contribution in [2.45, 2.75) is 0 Å². The second-order valence-corrected chi connectivity index (χ2v) is 2.89. The van der Waals surface area contributed by atoms with Gasteiger partial charge in [-0.1, -0.05) is 12.1 Å². The third-order valence-corrected chi connectivity index (χ3v) is 2.04. The van der Waals surface area contributed by atoms with Gasteiger partial charge in [0.15, 0.2) is 0 Å². The third kappa shape index (κ3) is 1.23. The Morgan fingerprint density at radius 1 is 1.29 bits per heavy atom. The lowest BCUT2D eigenvalue weighted by atomic mass is 10.0. The summed E-state index contributed by atoms with van der Waals surface area (Å²) >= 11 is 0. The average molecular weight is 184 g/mol. The normalized spacial score (nSPS) is 9.64. The number of furan rings is 1. The minimum atomic E-state index is 0.492. The Morgan fingerprint density at radius 2 is 2.14 bits per heavy atom. The first-order valence-electron chi connectivity index (χ1n) is 4.14. The van der Waals surface area contributed by atoms with Gasteiger partial charge in [-0.2, -0.15) is 5.26 Å². The zero-order valence-corrected chi connectivity index (χ0v) is 7.40. The van der Waals surface area contributed by atoms with Crippen LogP contribution in [0.25, 0.3) is 11.1 Å². The fourth-order valence-corrected chi connectivity index (χ4v) is 1.35. The van der Waals surface area contributed by atoms with E-state index < -0.39 is 0 Å². The first-order chi connectivity index (χ1) is 6.83. The molecule has 3 nitrogen and oxygen atoms in total. The van der Waals surface area contributed by atoms with Gasteiger partial charge in [0.25, 0.3) is 0 Å². The Bertz CT molecular complexity index is 480. The molecule has 0 amide bonds. The molecular formula is C11H8N2O. The van der Waals surface area contributed by atoms with Crippen LogP contribution >= 0.6 is 0 Å². The van der Waals surface area contributed by atoms with Crippen molar-refractivity contribution < 1.29 is 4.42 Å². The highest BCUT2D eigenvalue weighted by molar-refractivity contribution is 5.76. The summed E-state index contributed by atoms with van der Waals surface area (Å²) in [4.78, 5) is 0. The molecule has 1 aromatic carbocycles. The monoisotopic (exact) mass is 184 g/mol. The number of nitriles is 1. The smallest absolute Gasteiger partial charge is 0.102 e. The largest absolute Gasteiger partial charge is 0.472 e. The van der Waals surface area contributed by atoms with Gasteiger partial charge in [0.1, 0.15) is 6.07 Å². The molecular weight excluding hydrogens is 176 g/mol. The molecule has 0 atom stereocenters. The molecule has 0 aliphatic rings. The van der Waals surface area contributed by atoms with E-state index in [0.29, 0.717) is 11.3 Å². The molecule has 1 aromatic heterocycles. The SMILES string of the molecule is N#Cc1c(N)cccc1-c1ccoc1. The standard InChI is InChI=1S/C11H8N2O/c12-6-10-9(2-1-3-11(10)13)8-4-5-14-7-8/h1-5,7H,13H2. The maximum Gasteiger partial charge on any atom is 0.102 e. The molecule has 2 aromatic rings. The van der Waals surface area contributed by atoms with Crippen LogP contribution in [-0.4, -0.2) is 0 Å². The molecule has 14 heavy (non-hydrogen) atoms. The van der Waals surface area contributed by atoms with E-state index >= 15 is 0 Å². The van der Waals surface area contributed by atoms with E-state index in [1.807, 2.05) is 12.1 Å². The van der Waals surface area contributed by atoms with Crippen LogP contribution in [0.3, 0.4) is 0 Å². The number of hydrogen-bond acceptors (Lipinski definition) is 3. The summed E-state index contributed by atoms with van der Waals surface area (Å²) in [7, 11) is 0. The van der Waals surface area contributed by atoms with Gasteiger partial charge < -0.3 is 10.2 Å². The maximum atomic E-state index is 8.94. The van der Waals surface area contributed by atoms with Crippen molar-refractivity contribution >= 4 is 5.69 Å². The van der Waals surface area contributed by atoms with Crippen molar-refractivity contribution in [2.75, 3.05) is 5.73 Å². The molecule has 0 aliphatic heterocycles. The number of nitrogen functional groups attached to an aromatic ring is 1. The summed E-state index contributed by atoms with van der Waals surface area (Å²) in [5, 5.41) is 8.94. The summed E-state index contributed by atoms with van der Waals surface area (Å²) in [5.41, 5.74) is 8.35. The molecule has 0 saturated carbocycles. The van der Waals surface area contributed by atoms with Gasteiger partial charge in [0.05, 0.1) is 23.8 Å². The fraction of sp³-hybridized carbons (Fsp3) is 0. The van der Waals surface area contributed by atoms with Gasteiger partial charge in [0, 0.05) is 11.1 Å². The average Bonchev–Trinajstić information content (AvgIpc) is 2.70. The second kappa shape index (κ2) is 3.27. The lowest BCUT2D eigenvalue weighted by Crippen LogP contribution is -1.92. The summed E-state index contributed by atoms with van der Waals surface area (Å²) < 4.78 is 4.96. The molecule has 0 fully saturated rings. The van der Waals surface area contributed by atoms with Crippen LogP contribution in [0, 0.1) is 11.3 Å². The molecule has 3 heteroatoms. The van der Waals surface area contributed by atoms with E-state index in [9.17, 15) is 0 Å². The highest BCUT2D eigenvalue weighted by Gasteiger charge is 2.07. The summed E-state index contributed by atoms with van der Waals surface area (Å²) in [6.07, 6.45) is 3.16.